The highest BCUT2D eigenvalue weighted by molar-refractivity contribution is 5.95. The summed E-state index contributed by atoms with van der Waals surface area (Å²) in [5.41, 5.74) is 1.37. The molecule has 2 aromatic carbocycles. The maximum atomic E-state index is 12.7. The molecule has 0 radical (unpaired) electrons. The van der Waals surface area contributed by atoms with E-state index in [1.54, 1.807) is 43.4 Å². The number of carbonyl (C=O) groups is 2. The molecule has 0 aliphatic heterocycles. The summed E-state index contributed by atoms with van der Waals surface area (Å²) in [4.78, 5) is 24.6. The first-order valence-electron chi connectivity index (χ1n) is 8.49. The molecule has 1 N–H and O–H groups in total. The topological polar surface area (TPSA) is 66.8 Å². The monoisotopic (exact) mass is 395 g/mol. The molecule has 0 spiro atoms. The number of benzene rings is 2. The van der Waals surface area contributed by atoms with Crippen LogP contribution in [0.15, 0.2) is 48.5 Å². The number of carboxylic acid groups (broad SMARTS) is 1. The van der Waals surface area contributed by atoms with Gasteiger partial charge in [0.25, 0.3) is 5.91 Å². The van der Waals surface area contributed by atoms with Gasteiger partial charge >= 0.3 is 12.1 Å². The van der Waals surface area contributed by atoms with Gasteiger partial charge in [0, 0.05) is 25.6 Å². The van der Waals surface area contributed by atoms with E-state index in [0.717, 1.165) is 5.56 Å². The zero-order valence-electron chi connectivity index (χ0n) is 15.2. The first kappa shape index (κ1) is 21.3. The highest BCUT2D eigenvalue weighted by Gasteiger charge is 2.27. The number of aryl methyl sites for hydroxylation is 1. The normalized spacial score (nSPS) is 11.1. The molecule has 1 amide bonds. The Labute approximate surface area is 160 Å². The van der Waals surface area contributed by atoms with Gasteiger partial charge < -0.3 is 14.7 Å². The minimum Gasteiger partial charge on any atom is -0.482 e. The first-order valence-corrected chi connectivity index (χ1v) is 8.49. The van der Waals surface area contributed by atoms with Crippen molar-refractivity contribution in [2.24, 2.45) is 0 Å². The third-order valence-corrected chi connectivity index (χ3v) is 3.98. The number of amides is 1. The smallest absolute Gasteiger partial charge is 0.389 e. The Kier molecular flexibility index (Phi) is 7.03. The standard InChI is InChI=1S/C20H20F3NO4/c1-24(12-14-6-8-16(9-7-14)28-13-18(25)26)19(27)17-5-3-2-4-15(17)10-11-20(21,22)23/h2-9H,10-13H2,1H3,(H,25,26). The van der Waals surface area contributed by atoms with Gasteiger partial charge in [-0.3, -0.25) is 4.79 Å². The van der Waals surface area contributed by atoms with Gasteiger partial charge in [-0.15, -0.1) is 0 Å². The summed E-state index contributed by atoms with van der Waals surface area (Å²) in [7, 11) is 1.57. The number of hydrogen-bond acceptors (Lipinski definition) is 3. The highest BCUT2D eigenvalue weighted by atomic mass is 19.4. The molecule has 0 unspecified atom stereocenters. The van der Waals surface area contributed by atoms with Gasteiger partial charge in [-0.2, -0.15) is 13.2 Å². The van der Waals surface area contributed by atoms with Crippen LogP contribution >= 0.6 is 0 Å². The van der Waals surface area contributed by atoms with Crippen molar-refractivity contribution >= 4 is 11.9 Å². The van der Waals surface area contributed by atoms with Crippen molar-refractivity contribution in [3.05, 3.63) is 65.2 Å². The maximum absolute atomic E-state index is 12.7. The van der Waals surface area contributed by atoms with Crippen LogP contribution in [0.25, 0.3) is 0 Å². The van der Waals surface area contributed by atoms with E-state index in [-0.39, 0.29) is 24.4 Å². The van der Waals surface area contributed by atoms with Gasteiger partial charge in [-0.05, 0) is 35.7 Å². The number of carbonyl (C=O) groups excluding carboxylic acids is 1. The predicted molar refractivity (Wildman–Crippen MR) is 96.2 cm³/mol. The summed E-state index contributed by atoms with van der Waals surface area (Å²) in [6, 6.07) is 12.8. The van der Waals surface area contributed by atoms with Crippen molar-refractivity contribution in [3.63, 3.8) is 0 Å². The second-order valence-corrected chi connectivity index (χ2v) is 6.26. The van der Waals surface area contributed by atoms with Gasteiger partial charge in [-0.25, -0.2) is 4.79 Å². The quantitative estimate of drug-likeness (QED) is 0.736. The Morgan fingerprint density at radius 2 is 1.71 bits per heavy atom. The van der Waals surface area contributed by atoms with E-state index in [0.29, 0.717) is 11.3 Å². The number of halogens is 3. The van der Waals surface area contributed by atoms with Crippen LogP contribution in [0, 0.1) is 0 Å². The van der Waals surface area contributed by atoms with Gasteiger partial charge in [0.2, 0.25) is 0 Å². The summed E-state index contributed by atoms with van der Waals surface area (Å²) < 4.78 is 42.6. The Hall–Kier alpha value is -3.03. The number of ether oxygens (including phenoxy) is 1. The molecule has 0 bridgehead atoms. The minimum absolute atomic E-state index is 0.242. The Morgan fingerprint density at radius 1 is 1.07 bits per heavy atom. The van der Waals surface area contributed by atoms with E-state index < -0.39 is 25.2 Å². The van der Waals surface area contributed by atoms with Gasteiger partial charge in [0.05, 0.1) is 0 Å². The summed E-state index contributed by atoms with van der Waals surface area (Å²) in [5.74, 6) is -1.07. The number of hydrogen-bond donors (Lipinski definition) is 1. The van der Waals surface area contributed by atoms with Crippen LogP contribution in [-0.4, -0.2) is 41.7 Å². The lowest BCUT2D eigenvalue weighted by Gasteiger charge is -2.19. The van der Waals surface area contributed by atoms with Crippen LogP contribution in [0.1, 0.15) is 27.9 Å². The zero-order chi connectivity index (χ0) is 20.7. The number of aliphatic carboxylic acids is 1. The molecule has 0 aliphatic carbocycles. The lowest BCUT2D eigenvalue weighted by atomic mass is 10.0. The van der Waals surface area contributed by atoms with Crippen molar-refractivity contribution in [1.29, 1.82) is 0 Å². The highest BCUT2D eigenvalue weighted by Crippen LogP contribution is 2.24. The third-order valence-electron chi connectivity index (χ3n) is 3.98. The van der Waals surface area contributed by atoms with Gasteiger partial charge in [-0.1, -0.05) is 30.3 Å². The third kappa shape index (κ3) is 6.61. The molecule has 0 saturated heterocycles. The Morgan fingerprint density at radius 3 is 2.32 bits per heavy atom. The number of carboxylic acids is 1. The largest absolute Gasteiger partial charge is 0.482 e. The van der Waals surface area contributed by atoms with Crippen LogP contribution in [0.3, 0.4) is 0 Å². The summed E-state index contributed by atoms with van der Waals surface area (Å²) in [6.07, 6.45) is -5.53. The average molecular weight is 395 g/mol. The summed E-state index contributed by atoms with van der Waals surface area (Å²) in [6.45, 7) is -0.210. The number of nitrogens with zero attached hydrogens (tertiary/aromatic N) is 1. The van der Waals surface area contributed by atoms with E-state index in [2.05, 4.69) is 0 Å². The van der Waals surface area contributed by atoms with Crippen molar-refractivity contribution in [3.8, 4) is 5.75 Å². The van der Waals surface area contributed by atoms with Crippen molar-refractivity contribution < 1.29 is 32.6 Å². The lowest BCUT2D eigenvalue weighted by molar-refractivity contribution is -0.139. The van der Waals surface area contributed by atoms with Crippen molar-refractivity contribution in [1.82, 2.24) is 4.90 Å². The zero-order valence-corrected chi connectivity index (χ0v) is 15.2. The van der Waals surface area contributed by atoms with Crippen molar-refractivity contribution in [2.45, 2.75) is 25.6 Å². The second-order valence-electron chi connectivity index (χ2n) is 6.26. The molecule has 8 heteroatoms. The Bertz CT molecular complexity index is 819. The molecule has 0 fully saturated rings. The molecule has 150 valence electrons. The van der Waals surface area contributed by atoms with E-state index in [1.807, 2.05) is 0 Å². The van der Waals surface area contributed by atoms with E-state index >= 15 is 0 Å². The van der Waals surface area contributed by atoms with Gasteiger partial charge in [0.1, 0.15) is 5.75 Å². The molecule has 0 atom stereocenters. The van der Waals surface area contributed by atoms with Crippen LogP contribution in [0.5, 0.6) is 5.75 Å². The van der Waals surface area contributed by atoms with Crippen LogP contribution in [0.4, 0.5) is 13.2 Å². The SMILES string of the molecule is CN(Cc1ccc(OCC(=O)O)cc1)C(=O)c1ccccc1CCC(F)(F)F. The Balaban J connectivity index is 2.03. The minimum atomic E-state index is -4.29. The van der Waals surface area contributed by atoms with Crippen LogP contribution in [0.2, 0.25) is 0 Å². The molecule has 0 saturated carbocycles. The van der Waals surface area contributed by atoms with Gasteiger partial charge in [0.15, 0.2) is 6.61 Å². The van der Waals surface area contributed by atoms with E-state index in [1.165, 1.54) is 17.0 Å². The van der Waals surface area contributed by atoms with E-state index in [9.17, 15) is 22.8 Å². The fourth-order valence-corrected chi connectivity index (χ4v) is 2.61. The lowest BCUT2D eigenvalue weighted by Crippen LogP contribution is -2.27. The predicted octanol–water partition coefficient (Wildman–Crippen LogP) is 3.92. The molecular formula is C20H20F3NO4. The number of alkyl halides is 3. The maximum Gasteiger partial charge on any atom is 0.389 e. The fraction of sp³-hybridized carbons (Fsp3) is 0.300. The van der Waals surface area contributed by atoms with E-state index in [4.69, 9.17) is 9.84 Å². The number of rotatable bonds is 8. The molecule has 2 rings (SSSR count). The average Bonchev–Trinajstić information content (AvgIpc) is 2.64. The summed E-state index contributed by atoms with van der Waals surface area (Å²) >= 11 is 0. The molecule has 0 aromatic heterocycles. The van der Waals surface area contributed by atoms with Crippen LogP contribution in [-0.2, 0) is 17.8 Å². The molecule has 0 heterocycles. The molecule has 0 aliphatic rings. The van der Waals surface area contributed by atoms with Crippen molar-refractivity contribution in [2.75, 3.05) is 13.7 Å². The first-order chi connectivity index (χ1) is 13.2. The summed E-state index contributed by atoms with van der Waals surface area (Å²) in [5, 5.41) is 8.59. The molecule has 28 heavy (non-hydrogen) atoms. The second kappa shape index (κ2) is 9.25. The molecule has 2 aromatic rings. The fourth-order valence-electron chi connectivity index (χ4n) is 2.61. The van der Waals surface area contributed by atoms with Crippen LogP contribution < -0.4 is 4.74 Å². The molecule has 5 nitrogen and oxygen atoms in total. The molecular weight excluding hydrogens is 375 g/mol.